The van der Waals surface area contributed by atoms with E-state index in [2.05, 4.69) is 11.6 Å². The first-order chi connectivity index (χ1) is 6.91. The van der Waals surface area contributed by atoms with Gasteiger partial charge in [-0.05, 0) is 6.08 Å². The molecule has 0 aromatic carbocycles. The minimum absolute atomic E-state index is 0.165. The Morgan fingerprint density at radius 2 is 2.07 bits per heavy atom. The summed E-state index contributed by atoms with van der Waals surface area (Å²) in [6.45, 7) is 3.55. The number of nitrogens with one attached hydrogen (secondary N) is 1. The fourth-order valence-electron chi connectivity index (χ4n) is 0.687. The maximum Gasteiger partial charge on any atom is 0.431 e. The molecule has 0 saturated carbocycles. The van der Waals surface area contributed by atoms with Crippen molar-refractivity contribution in [3.8, 4) is 0 Å². The first-order valence-electron chi connectivity index (χ1n) is 4.08. The summed E-state index contributed by atoms with van der Waals surface area (Å²) in [4.78, 5) is 3.56. The van der Waals surface area contributed by atoms with Crippen molar-refractivity contribution in [1.82, 2.24) is 5.32 Å². The van der Waals surface area contributed by atoms with Gasteiger partial charge >= 0.3 is 6.18 Å². The van der Waals surface area contributed by atoms with Gasteiger partial charge in [0.15, 0.2) is 5.96 Å². The van der Waals surface area contributed by atoms with Crippen LogP contribution in [0.1, 0.15) is 0 Å². The maximum atomic E-state index is 12.3. The highest BCUT2D eigenvalue weighted by Gasteiger charge is 2.33. The van der Waals surface area contributed by atoms with Gasteiger partial charge in [-0.15, -0.1) is 0 Å². The lowest BCUT2D eigenvalue weighted by Gasteiger charge is -2.12. The fourth-order valence-corrected chi connectivity index (χ4v) is 0.687. The SMILES string of the molecule is C=C/C=C(\NC(N)=NCCN)C(F)(F)F. The Morgan fingerprint density at radius 1 is 1.47 bits per heavy atom. The summed E-state index contributed by atoms with van der Waals surface area (Å²) < 4.78 is 36.8. The second-order valence-electron chi connectivity index (χ2n) is 2.49. The minimum atomic E-state index is -4.52. The van der Waals surface area contributed by atoms with E-state index >= 15 is 0 Å². The van der Waals surface area contributed by atoms with Crippen LogP contribution in [0.3, 0.4) is 0 Å². The zero-order chi connectivity index (χ0) is 11.9. The van der Waals surface area contributed by atoms with Crippen molar-refractivity contribution < 1.29 is 13.2 Å². The predicted octanol–water partition coefficient (Wildman–Crippen LogP) is 0.482. The van der Waals surface area contributed by atoms with Crippen LogP contribution in [0, 0.1) is 0 Å². The summed E-state index contributed by atoms with van der Waals surface area (Å²) in [6, 6.07) is 0. The van der Waals surface area contributed by atoms with E-state index < -0.39 is 11.9 Å². The van der Waals surface area contributed by atoms with Crippen LogP contribution in [-0.4, -0.2) is 25.2 Å². The zero-order valence-electron chi connectivity index (χ0n) is 8.01. The summed E-state index contributed by atoms with van der Waals surface area (Å²) in [6.07, 6.45) is -2.74. The molecule has 0 unspecified atom stereocenters. The van der Waals surface area contributed by atoms with Gasteiger partial charge < -0.3 is 16.8 Å². The minimum Gasteiger partial charge on any atom is -0.370 e. The van der Waals surface area contributed by atoms with Crippen molar-refractivity contribution in [1.29, 1.82) is 0 Å². The van der Waals surface area contributed by atoms with Gasteiger partial charge in [-0.25, -0.2) is 0 Å². The zero-order valence-corrected chi connectivity index (χ0v) is 8.01. The Hall–Kier alpha value is -1.50. The summed E-state index contributed by atoms with van der Waals surface area (Å²) in [5, 5.41) is 1.93. The smallest absolute Gasteiger partial charge is 0.370 e. The van der Waals surface area contributed by atoms with Crippen LogP contribution in [-0.2, 0) is 0 Å². The molecule has 4 nitrogen and oxygen atoms in total. The van der Waals surface area contributed by atoms with Crippen LogP contribution in [0.5, 0.6) is 0 Å². The number of allylic oxidation sites excluding steroid dienone is 3. The third-order valence-corrected chi connectivity index (χ3v) is 1.26. The summed E-state index contributed by atoms with van der Waals surface area (Å²) in [7, 11) is 0. The molecule has 0 amide bonds. The van der Waals surface area contributed by atoms with E-state index in [0.717, 1.165) is 12.2 Å². The molecule has 5 N–H and O–H groups in total. The molecule has 0 atom stereocenters. The molecule has 0 aromatic rings. The van der Waals surface area contributed by atoms with Gasteiger partial charge in [-0.2, -0.15) is 13.2 Å². The molecular weight excluding hydrogens is 209 g/mol. The van der Waals surface area contributed by atoms with Crippen molar-refractivity contribution in [2.75, 3.05) is 13.1 Å². The Balaban J connectivity index is 4.57. The first-order valence-corrected chi connectivity index (χ1v) is 4.08. The largest absolute Gasteiger partial charge is 0.431 e. The molecule has 0 rings (SSSR count). The van der Waals surface area contributed by atoms with E-state index in [4.69, 9.17) is 11.5 Å². The van der Waals surface area contributed by atoms with Crippen molar-refractivity contribution in [3.05, 3.63) is 24.4 Å². The topological polar surface area (TPSA) is 76.4 Å². The number of nitrogens with zero attached hydrogens (tertiary/aromatic N) is 1. The van der Waals surface area contributed by atoms with Gasteiger partial charge in [-0.3, -0.25) is 4.99 Å². The molecule has 0 saturated heterocycles. The van der Waals surface area contributed by atoms with E-state index in [1.54, 1.807) is 0 Å². The molecule has 0 fully saturated rings. The lowest BCUT2D eigenvalue weighted by atomic mass is 10.4. The number of rotatable bonds is 4. The Morgan fingerprint density at radius 3 is 2.47 bits per heavy atom. The number of nitrogens with two attached hydrogens (primary N) is 2. The molecule has 0 aromatic heterocycles. The number of alkyl halides is 3. The third kappa shape index (κ3) is 5.74. The number of guanidine groups is 1. The van der Waals surface area contributed by atoms with Crippen molar-refractivity contribution >= 4 is 5.96 Å². The van der Waals surface area contributed by atoms with Gasteiger partial charge in [0.2, 0.25) is 0 Å². The van der Waals surface area contributed by atoms with Crippen LogP contribution in [0.4, 0.5) is 13.2 Å². The van der Waals surface area contributed by atoms with Crippen molar-refractivity contribution in [2.24, 2.45) is 16.5 Å². The Bertz CT molecular complexity index is 268. The highest BCUT2D eigenvalue weighted by Crippen LogP contribution is 2.23. The van der Waals surface area contributed by atoms with Crippen LogP contribution < -0.4 is 16.8 Å². The molecule has 0 spiro atoms. The van der Waals surface area contributed by atoms with Crippen LogP contribution in [0.2, 0.25) is 0 Å². The highest BCUT2D eigenvalue weighted by atomic mass is 19.4. The van der Waals surface area contributed by atoms with Gasteiger partial charge in [0.05, 0.1) is 6.54 Å². The number of halogens is 3. The molecule has 0 aliphatic rings. The van der Waals surface area contributed by atoms with E-state index in [1.807, 2.05) is 5.32 Å². The third-order valence-electron chi connectivity index (χ3n) is 1.26. The second-order valence-corrected chi connectivity index (χ2v) is 2.49. The number of aliphatic imine (C=N–C) groups is 1. The number of hydrogen-bond donors (Lipinski definition) is 3. The van der Waals surface area contributed by atoms with Gasteiger partial charge in [-0.1, -0.05) is 12.7 Å². The van der Waals surface area contributed by atoms with E-state index in [0.29, 0.717) is 0 Å². The monoisotopic (exact) mass is 222 g/mol. The standard InChI is InChI=1S/C8H13F3N4/c1-2-3-6(8(9,10)11)15-7(13)14-5-4-12/h2-3H,1,4-5,12H2,(H3,13,14,15)/b6-3-. The Kier molecular flexibility index (Phi) is 5.46. The molecule has 0 heterocycles. The highest BCUT2D eigenvalue weighted by molar-refractivity contribution is 5.79. The molecule has 7 heteroatoms. The molecule has 0 aliphatic carbocycles. The quantitative estimate of drug-likeness (QED) is 0.368. The van der Waals surface area contributed by atoms with Crippen LogP contribution in [0.25, 0.3) is 0 Å². The fraction of sp³-hybridized carbons (Fsp3) is 0.375. The first kappa shape index (κ1) is 13.5. The normalized spacial score (nSPS) is 13.9. The van der Waals surface area contributed by atoms with E-state index in [1.165, 1.54) is 0 Å². The van der Waals surface area contributed by atoms with Crippen LogP contribution in [0.15, 0.2) is 29.4 Å². The van der Waals surface area contributed by atoms with Crippen LogP contribution >= 0.6 is 0 Å². The number of hydrogen-bond acceptors (Lipinski definition) is 2. The molecular formula is C8H13F3N4. The lowest BCUT2D eigenvalue weighted by Crippen LogP contribution is -2.37. The van der Waals surface area contributed by atoms with Gasteiger partial charge in [0.1, 0.15) is 5.70 Å². The molecule has 0 bridgehead atoms. The van der Waals surface area contributed by atoms with Crippen molar-refractivity contribution in [2.45, 2.75) is 6.18 Å². The summed E-state index contributed by atoms with van der Waals surface area (Å²) >= 11 is 0. The average Bonchev–Trinajstić information content (AvgIpc) is 2.12. The molecule has 0 aliphatic heterocycles. The van der Waals surface area contributed by atoms with Crippen molar-refractivity contribution in [3.63, 3.8) is 0 Å². The van der Waals surface area contributed by atoms with Gasteiger partial charge in [0.25, 0.3) is 0 Å². The second kappa shape index (κ2) is 6.07. The average molecular weight is 222 g/mol. The molecule has 15 heavy (non-hydrogen) atoms. The molecule has 86 valence electrons. The summed E-state index contributed by atoms with van der Waals surface area (Å²) in [5.74, 6) is -0.328. The molecule has 0 radical (unpaired) electrons. The van der Waals surface area contributed by atoms with E-state index in [9.17, 15) is 13.2 Å². The van der Waals surface area contributed by atoms with E-state index in [-0.39, 0.29) is 19.0 Å². The maximum absolute atomic E-state index is 12.3. The summed E-state index contributed by atoms with van der Waals surface area (Å²) in [5.41, 5.74) is 9.29. The lowest BCUT2D eigenvalue weighted by molar-refractivity contribution is -0.0948. The Labute approximate surface area is 85.5 Å². The van der Waals surface area contributed by atoms with Gasteiger partial charge in [0, 0.05) is 6.54 Å². The predicted molar refractivity (Wildman–Crippen MR) is 53.0 cm³/mol.